The van der Waals surface area contributed by atoms with Crippen LogP contribution in [-0.4, -0.2) is 32.9 Å². The first kappa shape index (κ1) is 29.2. The SMILES string of the molecule is CCCCCOc1ccc(C2C(C#N)=C(N)Oc3cc(OC(=O)COc4ccccc4OC)ccc32)cc1OCC. The number of hydrogen-bond acceptors (Lipinski definition) is 9. The molecule has 1 atom stereocenters. The molecule has 1 aliphatic rings. The van der Waals surface area contributed by atoms with Gasteiger partial charge in [-0.15, -0.1) is 0 Å². The molecule has 0 aromatic heterocycles. The summed E-state index contributed by atoms with van der Waals surface area (Å²) >= 11 is 0. The number of carbonyl (C=O) groups is 1. The van der Waals surface area contributed by atoms with Crippen LogP contribution in [0, 0.1) is 11.3 Å². The number of para-hydroxylation sites is 2. The van der Waals surface area contributed by atoms with Crippen LogP contribution < -0.4 is 34.2 Å². The zero-order valence-electron chi connectivity index (χ0n) is 23.5. The first-order chi connectivity index (χ1) is 20.0. The summed E-state index contributed by atoms with van der Waals surface area (Å²) in [6, 6.07) is 19.8. The molecule has 0 spiro atoms. The number of carbonyl (C=O) groups excluding carboxylic acids is 1. The van der Waals surface area contributed by atoms with Crippen molar-refractivity contribution in [3.05, 3.63) is 83.2 Å². The van der Waals surface area contributed by atoms with Crippen molar-refractivity contribution < 1.29 is 33.2 Å². The topological polar surface area (TPSA) is 122 Å². The average molecular weight is 559 g/mol. The van der Waals surface area contributed by atoms with Gasteiger partial charge in [0.05, 0.1) is 26.2 Å². The summed E-state index contributed by atoms with van der Waals surface area (Å²) in [5.74, 6) is 1.64. The van der Waals surface area contributed by atoms with Crippen LogP contribution in [0.1, 0.15) is 50.2 Å². The number of benzene rings is 3. The van der Waals surface area contributed by atoms with E-state index in [9.17, 15) is 10.1 Å². The minimum Gasteiger partial charge on any atom is -0.493 e. The summed E-state index contributed by atoms with van der Waals surface area (Å²) in [7, 11) is 1.52. The zero-order valence-corrected chi connectivity index (χ0v) is 23.5. The third-order valence-corrected chi connectivity index (χ3v) is 6.44. The van der Waals surface area contributed by atoms with Gasteiger partial charge < -0.3 is 34.2 Å². The lowest BCUT2D eigenvalue weighted by Gasteiger charge is -2.27. The summed E-state index contributed by atoms with van der Waals surface area (Å²) in [6.45, 7) is 4.77. The van der Waals surface area contributed by atoms with Gasteiger partial charge in [-0.05, 0) is 49.2 Å². The van der Waals surface area contributed by atoms with Crippen molar-refractivity contribution in [1.29, 1.82) is 5.26 Å². The van der Waals surface area contributed by atoms with Gasteiger partial charge in [-0.3, -0.25) is 0 Å². The monoisotopic (exact) mass is 558 g/mol. The van der Waals surface area contributed by atoms with E-state index in [0.29, 0.717) is 47.5 Å². The van der Waals surface area contributed by atoms with Gasteiger partial charge in [0.25, 0.3) is 0 Å². The van der Waals surface area contributed by atoms with Gasteiger partial charge in [0.1, 0.15) is 23.1 Å². The number of nitrogens with two attached hydrogens (primary N) is 1. The van der Waals surface area contributed by atoms with Gasteiger partial charge in [0, 0.05) is 11.6 Å². The molecule has 0 amide bonds. The van der Waals surface area contributed by atoms with Gasteiger partial charge >= 0.3 is 5.97 Å². The minimum atomic E-state index is -0.611. The van der Waals surface area contributed by atoms with E-state index in [2.05, 4.69) is 13.0 Å². The maximum Gasteiger partial charge on any atom is 0.349 e. The normalized spacial score (nSPS) is 13.9. The fraction of sp³-hybridized carbons (Fsp3) is 0.312. The molecular weight excluding hydrogens is 524 g/mol. The van der Waals surface area contributed by atoms with E-state index in [1.807, 2.05) is 25.1 Å². The van der Waals surface area contributed by atoms with Crippen LogP contribution >= 0.6 is 0 Å². The Morgan fingerprint density at radius 1 is 0.951 bits per heavy atom. The molecular formula is C32H34N2O7. The van der Waals surface area contributed by atoms with E-state index < -0.39 is 11.9 Å². The van der Waals surface area contributed by atoms with Crippen LogP contribution in [-0.2, 0) is 4.79 Å². The number of ether oxygens (including phenoxy) is 6. The highest BCUT2D eigenvalue weighted by Gasteiger charge is 2.32. The fourth-order valence-electron chi connectivity index (χ4n) is 4.50. The number of hydrogen-bond donors (Lipinski definition) is 1. The number of nitriles is 1. The second-order valence-corrected chi connectivity index (χ2v) is 9.23. The number of nitrogens with zero attached hydrogens (tertiary/aromatic N) is 1. The molecule has 1 aliphatic heterocycles. The molecule has 3 aromatic carbocycles. The molecule has 1 heterocycles. The lowest BCUT2D eigenvalue weighted by molar-refractivity contribution is -0.136. The summed E-state index contributed by atoms with van der Waals surface area (Å²) < 4.78 is 33.9. The highest BCUT2D eigenvalue weighted by Crippen LogP contribution is 2.45. The fourth-order valence-corrected chi connectivity index (χ4v) is 4.50. The quantitative estimate of drug-likeness (QED) is 0.156. The standard InChI is InChI=1S/C32H34N2O7/c1-4-6-9-16-38-27-15-12-21(17-29(27)37-5-2)31-23-14-13-22(18-28(23)41-32(34)24(31)19-33)40-30(35)20-39-26-11-8-7-10-25(26)36-3/h7-8,10-15,17-18,31H,4-6,9,16,20,34H2,1-3H3. The van der Waals surface area contributed by atoms with E-state index in [-0.39, 0.29) is 23.8 Å². The number of rotatable bonds is 13. The second kappa shape index (κ2) is 14.0. The lowest BCUT2D eigenvalue weighted by atomic mass is 9.83. The maximum absolute atomic E-state index is 12.5. The molecule has 3 aromatic rings. The highest BCUT2D eigenvalue weighted by molar-refractivity contribution is 5.74. The predicted octanol–water partition coefficient (Wildman–Crippen LogP) is 5.87. The molecule has 0 aliphatic carbocycles. The van der Waals surface area contributed by atoms with Crippen molar-refractivity contribution in [2.75, 3.05) is 26.9 Å². The van der Waals surface area contributed by atoms with Crippen molar-refractivity contribution in [3.8, 4) is 40.6 Å². The first-order valence-corrected chi connectivity index (χ1v) is 13.6. The van der Waals surface area contributed by atoms with Crippen LogP contribution in [0.15, 0.2) is 72.1 Å². The molecule has 9 heteroatoms. The molecule has 9 nitrogen and oxygen atoms in total. The summed E-state index contributed by atoms with van der Waals surface area (Å²) in [5.41, 5.74) is 7.93. The van der Waals surface area contributed by atoms with E-state index in [0.717, 1.165) is 24.8 Å². The zero-order chi connectivity index (χ0) is 29.2. The van der Waals surface area contributed by atoms with Gasteiger partial charge in [-0.25, -0.2) is 4.79 Å². The molecule has 41 heavy (non-hydrogen) atoms. The Morgan fingerprint density at radius 3 is 2.46 bits per heavy atom. The molecule has 4 rings (SSSR count). The van der Waals surface area contributed by atoms with Crippen LogP contribution in [0.25, 0.3) is 0 Å². The first-order valence-electron chi connectivity index (χ1n) is 13.6. The van der Waals surface area contributed by atoms with Gasteiger partial charge in [-0.1, -0.05) is 44.0 Å². The molecule has 0 bridgehead atoms. The Bertz CT molecular complexity index is 1440. The highest BCUT2D eigenvalue weighted by atomic mass is 16.6. The Labute approximate surface area is 240 Å². The predicted molar refractivity (Wildman–Crippen MR) is 152 cm³/mol. The van der Waals surface area contributed by atoms with Crippen molar-refractivity contribution in [2.24, 2.45) is 5.73 Å². The Balaban J connectivity index is 1.55. The molecule has 0 radical (unpaired) electrons. The second-order valence-electron chi connectivity index (χ2n) is 9.23. The molecule has 1 unspecified atom stereocenters. The van der Waals surface area contributed by atoms with Crippen molar-refractivity contribution in [1.82, 2.24) is 0 Å². The van der Waals surface area contributed by atoms with E-state index in [1.54, 1.807) is 42.5 Å². The average Bonchev–Trinajstić information content (AvgIpc) is 2.98. The maximum atomic E-state index is 12.5. The number of unbranched alkanes of at least 4 members (excludes halogenated alkanes) is 2. The van der Waals surface area contributed by atoms with Crippen molar-refractivity contribution in [2.45, 2.75) is 39.0 Å². The van der Waals surface area contributed by atoms with Gasteiger partial charge in [0.15, 0.2) is 29.6 Å². The summed E-state index contributed by atoms with van der Waals surface area (Å²) in [4.78, 5) is 12.5. The molecule has 2 N–H and O–H groups in total. The Morgan fingerprint density at radius 2 is 1.73 bits per heavy atom. The third-order valence-electron chi connectivity index (χ3n) is 6.44. The van der Waals surface area contributed by atoms with Crippen molar-refractivity contribution >= 4 is 5.97 Å². The largest absolute Gasteiger partial charge is 0.493 e. The van der Waals surface area contributed by atoms with Gasteiger partial charge in [-0.2, -0.15) is 5.26 Å². The van der Waals surface area contributed by atoms with E-state index >= 15 is 0 Å². The Hall–Kier alpha value is -4.84. The lowest BCUT2D eigenvalue weighted by Crippen LogP contribution is -2.22. The van der Waals surface area contributed by atoms with Gasteiger partial charge in [0.2, 0.25) is 5.88 Å². The van der Waals surface area contributed by atoms with Crippen LogP contribution in [0.3, 0.4) is 0 Å². The molecule has 0 saturated heterocycles. The van der Waals surface area contributed by atoms with E-state index in [1.165, 1.54) is 7.11 Å². The summed E-state index contributed by atoms with van der Waals surface area (Å²) in [5, 5.41) is 9.96. The molecule has 0 saturated carbocycles. The number of fused-ring (bicyclic) bond motifs is 1. The number of allylic oxidation sites excluding steroid dienone is 1. The Kier molecular flexibility index (Phi) is 9.94. The molecule has 0 fully saturated rings. The van der Waals surface area contributed by atoms with Crippen LogP contribution in [0.2, 0.25) is 0 Å². The van der Waals surface area contributed by atoms with Crippen molar-refractivity contribution in [3.63, 3.8) is 0 Å². The smallest absolute Gasteiger partial charge is 0.349 e. The minimum absolute atomic E-state index is 0.0224. The van der Waals surface area contributed by atoms with Crippen LogP contribution in [0.4, 0.5) is 0 Å². The molecule has 214 valence electrons. The third kappa shape index (κ3) is 7.03. The van der Waals surface area contributed by atoms with Crippen LogP contribution in [0.5, 0.6) is 34.5 Å². The number of methoxy groups -OCH3 is 1. The number of esters is 1. The van der Waals surface area contributed by atoms with E-state index in [4.69, 9.17) is 34.2 Å². The summed E-state index contributed by atoms with van der Waals surface area (Å²) in [6.07, 6.45) is 3.14.